The maximum Gasteiger partial charge on any atom is 0.243 e. The number of carbonyl (C=O) groups is 2. The third-order valence-corrected chi connectivity index (χ3v) is 5.54. The average Bonchev–Trinajstić information content (AvgIpc) is 2.78. The van der Waals surface area contributed by atoms with E-state index in [1.54, 1.807) is 23.1 Å². The van der Waals surface area contributed by atoms with Gasteiger partial charge in [0.15, 0.2) is 0 Å². The van der Waals surface area contributed by atoms with Crippen LogP contribution in [-0.2, 0) is 29.0 Å². The molecule has 0 radical (unpaired) electrons. The van der Waals surface area contributed by atoms with Gasteiger partial charge in [-0.3, -0.25) is 9.59 Å². The topological polar surface area (TPSA) is 49.4 Å². The van der Waals surface area contributed by atoms with Crippen LogP contribution in [-0.4, -0.2) is 28.3 Å². The van der Waals surface area contributed by atoms with E-state index in [0.29, 0.717) is 12.0 Å². The van der Waals surface area contributed by atoms with Gasteiger partial charge in [-0.15, -0.1) is 0 Å². The van der Waals surface area contributed by atoms with Crippen molar-refractivity contribution in [1.82, 2.24) is 10.2 Å². The number of aryl methyl sites for hydroxylation is 1. The van der Waals surface area contributed by atoms with E-state index >= 15 is 0 Å². The molecule has 4 nitrogen and oxygen atoms in total. The number of halogens is 1. The number of rotatable bonds is 8. The van der Waals surface area contributed by atoms with E-state index in [-0.39, 0.29) is 24.8 Å². The van der Waals surface area contributed by atoms with Gasteiger partial charge in [-0.05, 0) is 50.5 Å². The normalized spacial score (nSPS) is 12.1. The Morgan fingerprint density at radius 1 is 0.882 bits per heavy atom. The summed E-state index contributed by atoms with van der Waals surface area (Å²) in [6, 6.07) is 23.0. The molecule has 0 aliphatic rings. The molecule has 2 amide bonds. The largest absolute Gasteiger partial charge is 0.350 e. The van der Waals surface area contributed by atoms with Gasteiger partial charge in [-0.2, -0.15) is 0 Å². The second-order valence-electron chi connectivity index (χ2n) is 9.72. The summed E-state index contributed by atoms with van der Waals surface area (Å²) in [7, 11) is 0. The van der Waals surface area contributed by atoms with E-state index < -0.39 is 17.4 Å². The highest BCUT2D eigenvalue weighted by Crippen LogP contribution is 2.19. The van der Waals surface area contributed by atoms with Crippen LogP contribution in [0.15, 0.2) is 78.9 Å². The second kappa shape index (κ2) is 11.1. The molecule has 5 heteroatoms. The monoisotopic (exact) mass is 460 g/mol. The smallest absolute Gasteiger partial charge is 0.243 e. The lowest BCUT2D eigenvalue weighted by molar-refractivity contribution is -0.141. The summed E-state index contributed by atoms with van der Waals surface area (Å²) in [5, 5.41) is 3.04. The van der Waals surface area contributed by atoms with Crippen molar-refractivity contribution in [3.63, 3.8) is 0 Å². The first-order valence-electron chi connectivity index (χ1n) is 11.6. The molecule has 0 aliphatic carbocycles. The third-order valence-electron chi connectivity index (χ3n) is 5.54. The van der Waals surface area contributed by atoms with E-state index in [1.165, 1.54) is 6.07 Å². The van der Waals surface area contributed by atoms with E-state index in [4.69, 9.17) is 0 Å². The minimum absolute atomic E-state index is 0.118. The summed E-state index contributed by atoms with van der Waals surface area (Å²) in [5.74, 6) is -0.953. The molecular weight excluding hydrogens is 427 g/mol. The summed E-state index contributed by atoms with van der Waals surface area (Å²) in [4.78, 5) is 28.7. The second-order valence-corrected chi connectivity index (χ2v) is 9.72. The SMILES string of the molecule is Cc1ccc(CN(C(=O)Cc2ccccc2F)C(Cc2ccccc2)C(=O)NC(C)(C)C)cc1. The zero-order chi connectivity index (χ0) is 24.7. The van der Waals surface area contributed by atoms with Crippen LogP contribution in [0.2, 0.25) is 0 Å². The molecule has 1 N–H and O–H groups in total. The first kappa shape index (κ1) is 25.2. The van der Waals surface area contributed by atoms with Crippen LogP contribution in [0.5, 0.6) is 0 Å². The number of benzene rings is 3. The van der Waals surface area contributed by atoms with Gasteiger partial charge in [0.2, 0.25) is 11.8 Å². The zero-order valence-electron chi connectivity index (χ0n) is 20.3. The molecule has 34 heavy (non-hydrogen) atoms. The van der Waals surface area contributed by atoms with E-state index in [9.17, 15) is 14.0 Å². The zero-order valence-corrected chi connectivity index (χ0v) is 20.3. The van der Waals surface area contributed by atoms with Crippen LogP contribution in [0, 0.1) is 12.7 Å². The maximum absolute atomic E-state index is 14.4. The quantitative estimate of drug-likeness (QED) is 0.500. The molecule has 0 saturated carbocycles. The molecule has 0 aromatic heterocycles. The molecule has 0 spiro atoms. The van der Waals surface area contributed by atoms with Crippen molar-refractivity contribution < 1.29 is 14.0 Å². The van der Waals surface area contributed by atoms with Crippen molar-refractivity contribution in [1.29, 1.82) is 0 Å². The highest BCUT2D eigenvalue weighted by molar-refractivity contribution is 5.89. The summed E-state index contributed by atoms with van der Waals surface area (Å²) in [5.41, 5.74) is 2.82. The van der Waals surface area contributed by atoms with Gasteiger partial charge in [-0.1, -0.05) is 78.4 Å². The van der Waals surface area contributed by atoms with Crippen LogP contribution in [0.3, 0.4) is 0 Å². The van der Waals surface area contributed by atoms with E-state index in [2.05, 4.69) is 5.32 Å². The lowest BCUT2D eigenvalue weighted by Crippen LogP contribution is -2.54. The minimum atomic E-state index is -0.748. The van der Waals surface area contributed by atoms with Crippen molar-refractivity contribution in [2.24, 2.45) is 0 Å². The van der Waals surface area contributed by atoms with Crippen molar-refractivity contribution >= 4 is 11.8 Å². The van der Waals surface area contributed by atoms with Crippen LogP contribution < -0.4 is 5.32 Å². The molecule has 0 saturated heterocycles. The average molecular weight is 461 g/mol. The van der Waals surface area contributed by atoms with Gasteiger partial charge in [0.25, 0.3) is 0 Å². The first-order chi connectivity index (χ1) is 16.1. The number of nitrogens with one attached hydrogen (secondary N) is 1. The van der Waals surface area contributed by atoms with Gasteiger partial charge < -0.3 is 10.2 Å². The molecule has 3 aromatic rings. The Bertz CT molecular complexity index is 1100. The molecule has 0 heterocycles. The highest BCUT2D eigenvalue weighted by Gasteiger charge is 2.32. The lowest BCUT2D eigenvalue weighted by atomic mass is 9.99. The Balaban J connectivity index is 1.99. The van der Waals surface area contributed by atoms with Crippen LogP contribution in [0.4, 0.5) is 4.39 Å². The Morgan fingerprint density at radius 3 is 2.12 bits per heavy atom. The first-order valence-corrected chi connectivity index (χ1v) is 11.6. The van der Waals surface area contributed by atoms with Gasteiger partial charge >= 0.3 is 0 Å². The third kappa shape index (κ3) is 7.27. The standard InChI is InChI=1S/C29H33FN2O2/c1-21-14-16-23(17-15-21)20-32(27(33)19-24-12-8-9-13-25(24)30)26(28(34)31-29(2,3)4)18-22-10-6-5-7-11-22/h5-17,26H,18-20H2,1-4H3,(H,31,34). The molecule has 1 atom stereocenters. The summed E-state index contributed by atoms with van der Waals surface area (Å²) >= 11 is 0. The number of carbonyl (C=O) groups excluding carboxylic acids is 2. The van der Waals surface area contributed by atoms with Crippen molar-refractivity contribution in [2.75, 3.05) is 0 Å². The molecule has 3 rings (SSSR count). The Kier molecular flexibility index (Phi) is 8.21. The van der Waals surface area contributed by atoms with Crippen LogP contribution in [0.25, 0.3) is 0 Å². The van der Waals surface area contributed by atoms with Crippen molar-refractivity contribution in [3.8, 4) is 0 Å². The number of hydrogen-bond acceptors (Lipinski definition) is 2. The van der Waals surface area contributed by atoms with Gasteiger partial charge in [0.1, 0.15) is 11.9 Å². The summed E-state index contributed by atoms with van der Waals surface area (Å²) in [6.45, 7) is 7.99. The molecule has 0 aliphatic heterocycles. The lowest BCUT2D eigenvalue weighted by Gasteiger charge is -2.34. The maximum atomic E-state index is 14.4. The molecule has 0 bridgehead atoms. The van der Waals surface area contributed by atoms with Gasteiger partial charge in [0.05, 0.1) is 6.42 Å². The van der Waals surface area contributed by atoms with E-state index in [0.717, 1.165) is 16.7 Å². The number of hydrogen-bond donors (Lipinski definition) is 1. The summed E-state index contributed by atoms with van der Waals surface area (Å²) in [6.07, 6.45) is 0.240. The van der Waals surface area contributed by atoms with Crippen molar-refractivity contribution in [3.05, 3.63) is 107 Å². The highest BCUT2D eigenvalue weighted by atomic mass is 19.1. The summed E-state index contributed by atoms with van der Waals surface area (Å²) < 4.78 is 14.4. The Hall–Kier alpha value is -3.47. The fourth-order valence-corrected chi connectivity index (χ4v) is 3.80. The number of nitrogens with zero attached hydrogens (tertiary/aromatic N) is 1. The molecule has 3 aromatic carbocycles. The molecule has 1 unspecified atom stereocenters. The van der Waals surface area contributed by atoms with Crippen LogP contribution in [0.1, 0.15) is 43.0 Å². The minimum Gasteiger partial charge on any atom is -0.350 e. The van der Waals surface area contributed by atoms with Gasteiger partial charge in [0, 0.05) is 18.5 Å². The molecule has 178 valence electrons. The van der Waals surface area contributed by atoms with Gasteiger partial charge in [-0.25, -0.2) is 4.39 Å². The Labute approximate surface area is 201 Å². The molecule has 0 fully saturated rings. The predicted molar refractivity (Wildman–Crippen MR) is 134 cm³/mol. The fraction of sp³-hybridized carbons (Fsp3) is 0.310. The van der Waals surface area contributed by atoms with Crippen LogP contribution >= 0.6 is 0 Å². The fourth-order valence-electron chi connectivity index (χ4n) is 3.80. The Morgan fingerprint density at radius 2 is 1.50 bits per heavy atom. The van der Waals surface area contributed by atoms with Crippen molar-refractivity contribution in [2.45, 2.75) is 58.7 Å². The van der Waals surface area contributed by atoms with E-state index in [1.807, 2.05) is 82.3 Å². The predicted octanol–water partition coefficient (Wildman–Crippen LogP) is 5.23. The molecular formula is C29H33FN2O2. The number of amides is 2.